The maximum Gasteiger partial charge on any atom is 0.269 e. The molecule has 1 atom stereocenters. The summed E-state index contributed by atoms with van der Waals surface area (Å²) in [6.07, 6.45) is 0. The van der Waals surface area contributed by atoms with Gasteiger partial charge >= 0.3 is 0 Å². The van der Waals surface area contributed by atoms with E-state index in [2.05, 4.69) is 15.5 Å². The third kappa shape index (κ3) is 3.48. The second-order valence-corrected chi connectivity index (χ2v) is 5.64. The molecule has 0 aliphatic carbocycles. The predicted molar refractivity (Wildman–Crippen MR) is 91.1 cm³/mol. The zero-order chi connectivity index (χ0) is 16.2. The largest absolute Gasteiger partial charge is 0.344 e. The van der Waals surface area contributed by atoms with Crippen LogP contribution in [0.3, 0.4) is 0 Å². The summed E-state index contributed by atoms with van der Waals surface area (Å²) in [5.74, 6) is -0.160. The molecule has 1 aromatic heterocycles. The van der Waals surface area contributed by atoms with E-state index >= 15 is 0 Å². The predicted octanol–water partition coefficient (Wildman–Crippen LogP) is 3.88. The molecule has 2 aromatic carbocycles. The number of H-pyrrole nitrogens is 1. The molecule has 23 heavy (non-hydrogen) atoms. The van der Waals surface area contributed by atoms with Crippen LogP contribution in [0.25, 0.3) is 11.3 Å². The molecule has 0 bridgehead atoms. The minimum Gasteiger partial charge on any atom is -0.344 e. The second-order valence-electron chi connectivity index (χ2n) is 5.64. The van der Waals surface area contributed by atoms with Crippen LogP contribution in [0, 0.1) is 6.92 Å². The molecule has 0 aliphatic heterocycles. The molecule has 2 N–H and O–H groups in total. The maximum atomic E-state index is 12.3. The van der Waals surface area contributed by atoms with Crippen molar-refractivity contribution in [2.24, 2.45) is 0 Å². The molecule has 3 rings (SSSR count). The van der Waals surface area contributed by atoms with Crippen molar-refractivity contribution < 1.29 is 4.79 Å². The monoisotopic (exact) mass is 305 g/mol. The molecule has 3 aromatic rings. The molecule has 0 saturated carbocycles. The topological polar surface area (TPSA) is 57.8 Å². The van der Waals surface area contributed by atoms with Crippen LogP contribution in [-0.2, 0) is 0 Å². The fraction of sp³-hybridized carbons (Fsp3) is 0.158. The Hall–Kier alpha value is -2.88. The Morgan fingerprint density at radius 2 is 1.78 bits per heavy atom. The number of nitrogens with zero attached hydrogens (tertiary/aromatic N) is 1. The van der Waals surface area contributed by atoms with Crippen molar-refractivity contribution in [1.29, 1.82) is 0 Å². The van der Waals surface area contributed by atoms with Gasteiger partial charge < -0.3 is 5.32 Å². The fourth-order valence-electron chi connectivity index (χ4n) is 2.41. The first-order chi connectivity index (χ1) is 11.1. The summed E-state index contributed by atoms with van der Waals surface area (Å²) in [5, 5.41) is 10.0. The van der Waals surface area contributed by atoms with Crippen molar-refractivity contribution in [1.82, 2.24) is 15.5 Å². The average Bonchev–Trinajstić information content (AvgIpc) is 3.06. The molecule has 0 saturated heterocycles. The molecular formula is C19H19N3O. The molecule has 4 nitrogen and oxygen atoms in total. The number of carbonyl (C=O) groups is 1. The first kappa shape index (κ1) is 15.0. The van der Waals surface area contributed by atoms with Crippen molar-refractivity contribution in [2.45, 2.75) is 19.9 Å². The standard InChI is InChI=1S/C19H19N3O/c1-13-8-10-16(11-9-13)17-12-18(22-21-17)19(23)20-14(2)15-6-4-3-5-7-15/h3-12,14H,1-2H3,(H,20,23)(H,21,22)/t14-/m1/s1. The van der Waals surface area contributed by atoms with Crippen LogP contribution in [0.5, 0.6) is 0 Å². The number of benzene rings is 2. The van der Waals surface area contributed by atoms with E-state index in [-0.39, 0.29) is 11.9 Å². The number of aryl methyl sites for hydroxylation is 1. The highest BCUT2D eigenvalue weighted by Gasteiger charge is 2.14. The summed E-state index contributed by atoms with van der Waals surface area (Å²) >= 11 is 0. The third-order valence-corrected chi connectivity index (χ3v) is 3.82. The van der Waals surface area contributed by atoms with Crippen LogP contribution in [0.15, 0.2) is 60.7 Å². The van der Waals surface area contributed by atoms with Crippen molar-refractivity contribution >= 4 is 5.91 Å². The fourth-order valence-corrected chi connectivity index (χ4v) is 2.41. The van der Waals surface area contributed by atoms with Crippen LogP contribution in [0.1, 0.15) is 34.6 Å². The highest BCUT2D eigenvalue weighted by molar-refractivity contribution is 5.93. The second kappa shape index (κ2) is 6.48. The van der Waals surface area contributed by atoms with Gasteiger partial charge in [-0.1, -0.05) is 60.2 Å². The molecule has 0 radical (unpaired) electrons. The lowest BCUT2D eigenvalue weighted by Gasteiger charge is -2.13. The lowest BCUT2D eigenvalue weighted by molar-refractivity contribution is 0.0935. The van der Waals surface area contributed by atoms with E-state index in [4.69, 9.17) is 0 Å². The van der Waals surface area contributed by atoms with E-state index in [9.17, 15) is 4.79 Å². The van der Waals surface area contributed by atoms with Gasteiger partial charge in [0, 0.05) is 5.56 Å². The van der Waals surface area contributed by atoms with Crippen LogP contribution in [0.2, 0.25) is 0 Å². The molecule has 1 heterocycles. The summed E-state index contributed by atoms with van der Waals surface area (Å²) in [4.78, 5) is 12.3. The number of nitrogens with one attached hydrogen (secondary N) is 2. The maximum absolute atomic E-state index is 12.3. The number of aromatic amines is 1. The average molecular weight is 305 g/mol. The zero-order valence-electron chi connectivity index (χ0n) is 13.2. The Balaban J connectivity index is 1.72. The molecule has 0 spiro atoms. The van der Waals surface area contributed by atoms with E-state index in [1.807, 2.05) is 68.4 Å². The molecule has 0 unspecified atom stereocenters. The van der Waals surface area contributed by atoms with Gasteiger partial charge in [0.15, 0.2) is 0 Å². The van der Waals surface area contributed by atoms with Gasteiger partial charge in [-0.2, -0.15) is 5.10 Å². The third-order valence-electron chi connectivity index (χ3n) is 3.82. The van der Waals surface area contributed by atoms with Gasteiger partial charge in [-0.3, -0.25) is 9.89 Å². The smallest absolute Gasteiger partial charge is 0.269 e. The Kier molecular flexibility index (Phi) is 4.24. The summed E-state index contributed by atoms with van der Waals surface area (Å²) in [5.41, 5.74) is 4.48. The van der Waals surface area contributed by atoms with Gasteiger partial charge in [-0.15, -0.1) is 0 Å². The number of hydrogen-bond donors (Lipinski definition) is 2. The number of hydrogen-bond acceptors (Lipinski definition) is 2. The van der Waals surface area contributed by atoms with E-state index in [1.54, 1.807) is 6.07 Å². The Bertz CT molecular complexity index is 791. The van der Waals surface area contributed by atoms with Gasteiger partial charge in [0.05, 0.1) is 11.7 Å². The molecule has 4 heteroatoms. The van der Waals surface area contributed by atoms with Crippen molar-refractivity contribution in [2.75, 3.05) is 0 Å². The molecule has 0 aliphatic rings. The van der Waals surface area contributed by atoms with Crippen molar-refractivity contribution in [3.8, 4) is 11.3 Å². The Morgan fingerprint density at radius 1 is 1.09 bits per heavy atom. The van der Waals surface area contributed by atoms with Crippen LogP contribution in [-0.4, -0.2) is 16.1 Å². The highest BCUT2D eigenvalue weighted by atomic mass is 16.2. The zero-order valence-corrected chi connectivity index (χ0v) is 13.2. The van der Waals surface area contributed by atoms with Crippen LogP contribution < -0.4 is 5.32 Å². The van der Waals surface area contributed by atoms with Gasteiger partial charge in [-0.05, 0) is 25.5 Å². The van der Waals surface area contributed by atoms with E-state index in [1.165, 1.54) is 5.56 Å². The van der Waals surface area contributed by atoms with Crippen molar-refractivity contribution in [3.63, 3.8) is 0 Å². The molecule has 0 fully saturated rings. The summed E-state index contributed by atoms with van der Waals surface area (Å²) < 4.78 is 0. The van der Waals surface area contributed by atoms with E-state index < -0.39 is 0 Å². The first-order valence-corrected chi connectivity index (χ1v) is 7.62. The summed E-state index contributed by atoms with van der Waals surface area (Å²) in [6, 6.07) is 19.6. The first-order valence-electron chi connectivity index (χ1n) is 7.62. The molecule has 1 amide bonds. The van der Waals surface area contributed by atoms with E-state index in [0.29, 0.717) is 5.69 Å². The molecule has 116 valence electrons. The highest BCUT2D eigenvalue weighted by Crippen LogP contribution is 2.19. The number of amides is 1. The SMILES string of the molecule is Cc1ccc(-c2cc(C(=O)N[C@H](C)c3ccccc3)[nH]n2)cc1. The Labute approximate surface area is 135 Å². The lowest BCUT2D eigenvalue weighted by atomic mass is 10.1. The van der Waals surface area contributed by atoms with Crippen molar-refractivity contribution in [3.05, 3.63) is 77.5 Å². The van der Waals surface area contributed by atoms with Crippen LogP contribution >= 0.6 is 0 Å². The van der Waals surface area contributed by atoms with Gasteiger partial charge in [0.1, 0.15) is 5.69 Å². The Morgan fingerprint density at radius 3 is 2.48 bits per heavy atom. The van der Waals surface area contributed by atoms with E-state index in [0.717, 1.165) is 16.8 Å². The van der Waals surface area contributed by atoms with Crippen LogP contribution in [0.4, 0.5) is 0 Å². The lowest BCUT2D eigenvalue weighted by Crippen LogP contribution is -2.26. The quantitative estimate of drug-likeness (QED) is 0.768. The van der Waals surface area contributed by atoms with Gasteiger partial charge in [0.25, 0.3) is 5.91 Å². The number of carbonyl (C=O) groups excluding carboxylic acids is 1. The minimum absolute atomic E-state index is 0.0603. The minimum atomic E-state index is -0.160. The summed E-state index contributed by atoms with van der Waals surface area (Å²) in [6.45, 7) is 4.00. The normalized spacial score (nSPS) is 11.9. The molecular weight excluding hydrogens is 286 g/mol. The van der Waals surface area contributed by atoms with Gasteiger partial charge in [-0.25, -0.2) is 0 Å². The summed E-state index contributed by atoms with van der Waals surface area (Å²) in [7, 11) is 0. The number of aromatic nitrogens is 2. The van der Waals surface area contributed by atoms with Gasteiger partial charge in [0.2, 0.25) is 0 Å². The number of rotatable bonds is 4.